The number of hydrogen-bond acceptors (Lipinski definition) is 4. The van der Waals surface area contributed by atoms with Gasteiger partial charge in [0.2, 0.25) is 0 Å². The lowest BCUT2D eigenvalue weighted by Crippen LogP contribution is -2.06. The van der Waals surface area contributed by atoms with Gasteiger partial charge in [-0.3, -0.25) is 0 Å². The van der Waals surface area contributed by atoms with Crippen molar-refractivity contribution in [1.82, 2.24) is 0 Å². The van der Waals surface area contributed by atoms with Crippen LogP contribution in [0.25, 0.3) is 0 Å². The van der Waals surface area contributed by atoms with E-state index < -0.39 is 17.3 Å². The van der Waals surface area contributed by atoms with Gasteiger partial charge >= 0.3 is 5.97 Å². The third kappa shape index (κ3) is 1.63. The van der Waals surface area contributed by atoms with Crippen molar-refractivity contribution in [3.63, 3.8) is 0 Å². The summed E-state index contributed by atoms with van der Waals surface area (Å²) in [7, 11) is 0. The zero-order valence-corrected chi connectivity index (χ0v) is 6.94. The van der Waals surface area contributed by atoms with E-state index in [1.165, 1.54) is 6.07 Å². The molecule has 5 nitrogen and oxygen atoms in total. The van der Waals surface area contributed by atoms with Crippen molar-refractivity contribution >= 4 is 17.9 Å². The summed E-state index contributed by atoms with van der Waals surface area (Å²) in [4.78, 5) is 10.5. The van der Waals surface area contributed by atoms with Gasteiger partial charge in [0.25, 0.3) is 0 Å². The zero-order valence-electron chi connectivity index (χ0n) is 6.94. The molecule has 0 bridgehead atoms. The van der Waals surface area contributed by atoms with Gasteiger partial charge in [0.1, 0.15) is 5.82 Å². The van der Waals surface area contributed by atoms with Gasteiger partial charge in [-0.2, -0.15) is 0 Å². The van der Waals surface area contributed by atoms with Crippen LogP contribution in [0.1, 0.15) is 15.9 Å². The highest BCUT2D eigenvalue weighted by Gasteiger charge is 2.15. The van der Waals surface area contributed by atoms with Gasteiger partial charge in [0, 0.05) is 5.69 Å². The molecule has 0 atom stereocenters. The molecule has 0 aromatic heterocycles. The Balaban J connectivity index is 3.40. The number of anilines is 1. The first-order valence-corrected chi connectivity index (χ1v) is 3.56. The molecular formula is C8H7FN2O3. The summed E-state index contributed by atoms with van der Waals surface area (Å²) in [5, 5.41) is 19.3. The monoisotopic (exact) mass is 198 g/mol. The van der Waals surface area contributed by atoms with E-state index >= 15 is 0 Å². The van der Waals surface area contributed by atoms with Gasteiger partial charge < -0.3 is 16.0 Å². The predicted octanol–water partition coefficient (Wildman–Crippen LogP) is 0.914. The number of carbonyl (C=O) groups is 1. The molecule has 0 radical (unpaired) electrons. The van der Waals surface area contributed by atoms with E-state index in [1.54, 1.807) is 0 Å². The van der Waals surface area contributed by atoms with Gasteiger partial charge in [0.15, 0.2) is 0 Å². The van der Waals surface area contributed by atoms with Gasteiger partial charge in [-0.15, -0.1) is 0 Å². The van der Waals surface area contributed by atoms with Crippen molar-refractivity contribution in [1.29, 1.82) is 0 Å². The van der Waals surface area contributed by atoms with Crippen LogP contribution < -0.4 is 5.73 Å². The topological polar surface area (TPSA) is 95.9 Å². The van der Waals surface area contributed by atoms with Crippen LogP contribution >= 0.6 is 0 Å². The molecule has 74 valence electrons. The molecule has 0 saturated heterocycles. The van der Waals surface area contributed by atoms with E-state index in [9.17, 15) is 9.18 Å². The highest BCUT2D eigenvalue weighted by atomic mass is 19.1. The van der Waals surface area contributed by atoms with Crippen LogP contribution in [0.3, 0.4) is 0 Å². The van der Waals surface area contributed by atoms with E-state index in [0.29, 0.717) is 0 Å². The Morgan fingerprint density at radius 2 is 2.21 bits per heavy atom. The van der Waals surface area contributed by atoms with Crippen molar-refractivity contribution in [2.45, 2.75) is 0 Å². The second kappa shape index (κ2) is 3.73. The number of carboxylic acid groups (broad SMARTS) is 1. The van der Waals surface area contributed by atoms with Crippen LogP contribution in [0.2, 0.25) is 0 Å². The number of carboxylic acids is 1. The largest absolute Gasteiger partial charge is 0.478 e. The maximum absolute atomic E-state index is 13.3. The normalized spacial score (nSPS) is 10.6. The third-order valence-electron chi connectivity index (χ3n) is 1.63. The molecule has 0 aliphatic carbocycles. The van der Waals surface area contributed by atoms with Crippen LogP contribution in [0.15, 0.2) is 17.3 Å². The molecule has 0 spiro atoms. The van der Waals surface area contributed by atoms with Crippen LogP contribution in [-0.4, -0.2) is 22.5 Å². The quantitative estimate of drug-likeness (QED) is 0.285. The first-order valence-electron chi connectivity index (χ1n) is 3.56. The lowest BCUT2D eigenvalue weighted by Gasteiger charge is -2.03. The summed E-state index contributed by atoms with van der Waals surface area (Å²) in [6, 6.07) is 2.27. The minimum absolute atomic E-state index is 0.00491. The average molecular weight is 198 g/mol. The summed E-state index contributed by atoms with van der Waals surface area (Å²) < 4.78 is 13.3. The van der Waals surface area contributed by atoms with Gasteiger partial charge in [-0.05, 0) is 12.1 Å². The molecule has 1 aromatic carbocycles. The molecular weight excluding hydrogens is 191 g/mol. The number of halogens is 1. The predicted molar refractivity (Wildman–Crippen MR) is 47.2 cm³/mol. The fourth-order valence-corrected chi connectivity index (χ4v) is 0.962. The minimum Gasteiger partial charge on any atom is -0.478 e. The summed E-state index contributed by atoms with van der Waals surface area (Å²) in [6.07, 6.45) is 0.747. The lowest BCUT2D eigenvalue weighted by molar-refractivity contribution is 0.0692. The molecule has 1 rings (SSSR count). The van der Waals surface area contributed by atoms with Crippen molar-refractivity contribution < 1.29 is 19.5 Å². The molecule has 14 heavy (non-hydrogen) atoms. The van der Waals surface area contributed by atoms with Crippen LogP contribution in [-0.2, 0) is 0 Å². The first kappa shape index (κ1) is 9.97. The molecule has 0 aliphatic heterocycles. The molecule has 0 amide bonds. The van der Waals surface area contributed by atoms with Crippen molar-refractivity contribution in [3.8, 4) is 0 Å². The molecule has 0 unspecified atom stereocenters. The fraction of sp³-hybridized carbons (Fsp3) is 0. The number of nitrogen functional groups attached to an aromatic ring is 1. The average Bonchev–Trinajstić information content (AvgIpc) is 2.11. The molecule has 4 N–H and O–H groups in total. The van der Waals surface area contributed by atoms with Crippen molar-refractivity contribution in [2.75, 3.05) is 5.73 Å². The number of hydrogen-bond donors (Lipinski definition) is 3. The summed E-state index contributed by atoms with van der Waals surface area (Å²) in [5.74, 6) is -2.43. The molecule has 0 heterocycles. The Labute approximate surface area is 78.3 Å². The fourth-order valence-electron chi connectivity index (χ4n) is 0.962. The highest BCUT2D eigenvalue weighted by molar-refractivity contribution is 5.94. The Morgan fingerprint density at radius 3 is 2.71 bits per heavy atom. The van der Waals surface area contributed by atoms with Gasteiger partial charge in [0.05, 0.1) is 17.3 Å². The Kier molecular flexibility index (Phi) is 2.66. The number of nitrogens with two attached hydrogens (primary N) is 1. The van der Waals surface area contributed by atoms with Crippen molar-refractivity contribution in [3.05, 3.63) is 29.1 Å². The number of oxime groups is 1. The third-order valence-corrected chi connectivity index (χ3v) is 1.63. The molecule has 1 aromatic rings. The zero-order chi connectivity index (χ0) is 10.7. The SMILES string of the molecule is Nc1ccc(C(=O)O)c(F)c1C=NO. The summed E-state index contributed by atoms with van der Waals surface area (Å²) in [6.45, 7) is 0. The van der Waals surface area contributed by atoms with Crippen LogP contribution in [0.4, 0.5) is 10.1 Å². The molecule has 0 aliphatic rings. The van der Waals surface area contributed by atoms with E-state index in [4.69, 9.17) is 16.0 Å². The van der Waals surface area contributed by atoms with Gasteiger partial charge in [-0.25, -0.2) is 9.18 Å². The van der Waals surface area contributed by atoms with Crippen LogP contribution in [0.5, 0.6) is 0 Å². The lowest BCUT2D eigenvalue weighted by atomic mass is 10.1. The summed E-state index contributed by atoms with van der Waals surface area (Å²) >= 11 is 0. The summed E-state index contributed by atoms with van der Waals surface area (Å²) in [5.41, 5.74) is 4.58. The number of aromatic carboxylic acids is 1. The van der Waals surface area contributed by atoms with E-state index in [0.717, 1.165) is 12.3 Å². The number of nitrogens with zero attached hydrogens (tertiary/aromatic N) is 1. The Morgan fingerprint density at radius 1 is 1.57 bits per heavy atom. The number of benzene rings is 1. The van der Waals surface area contributed by atoms with E-state index in [-0.39, 0.29) is 11.3 Å². The van der Waals surface area contributed by atoms with Gasteiger partial charge in [-0.1, -0.05) is 5.16 Å². The van der Waals surface area contributed by atoms with E-state index in [2.05, 4.69) is 5.16 Å². The maximum atomic E-state index is 13.3. The minimum atomic E-state index is -1.41. The van der Waals surface area contributed by atoms with Crippen molar-refractivity contribution in [2.24, 2.45) is 5.16 Å². The highest BCUT2D eigenvalue weighted by Crippen LogP contribution is 2.18. The molecule has 0 saturated carbocycles. The first-order chi connectivity index (χ1) is 6.57. The second-order valence-corrected chi connectivity index (χ2v) is 2.48. The van der Waals surface area contributed by atoms with Crippen LogP contribution in [0, 0.1) is 5.82 Å². The Bertz CT molecular complexity index is 404. The maximum Gasteiger partial charge on any atom is 0.338 e. The van der Waals surface area contributed by atoms with E-state index in [1.807, 2.05) is 0 Å². The molecule has 0 fully saturated rings. The number of rotatable bonds is 2. The Hall–Kier alpha value is -2.11. The standard InChI is InChI=1S/C8H7FN2O3/c9-7-4(8(12)13)1-2-6(10)5(7)3-11-14/h1-3,14H,10H2,(H,12,13). The smallest absolute Gasteiger partial charge is 0.338 e. The molecule has 6 heteroatoms. The second-order valence-electron chi connectivity index (χ2n) is 2.48.